The average molecular weight is 287 g/mol. The predicted octanol–water partition coefficient (Wildman–Crippen LogP) is 2.52. The molecule has 0 radical (unpaired) electrons. The largest absolute Gasteiger partial charge is 0.364 e. The van der Waals surface area contributed by atoms with Gasteiger partial charge in [0.2, 0.25) is 0 Å². The molecule has 0 atom stereocenters. The third kappa shape index (κ3) is 3.82. The first kappa shape index (κ1) is 15.5. The predicted molar refractivity (Wildman–Crippen MR) is 86.3 cm³/mol. The molecule has 1 aromatic carbocycles. The molecular weight excluding hydrogens is 262 g/mol. The van der Waals surface area contributed by atoms with E-state index >= 15 is 0 Å². The van der Waals surface area contributed by atoms with Crippen LogP contribution in [-0.4, -0.2) is 27.9 Å². The lowest BCUT2D eigenvalue weighted by Crippen LogP contribution is -2.28. The van der Waals surface area contributed by atoms with E-state index in [9.17, 15) is 0 Å². The topological polar surface area (TPSA) is 60.0 Å². The lowest BCUT2D eigenvalue weighted by molar-refractivity contribution is 0.500. The van der Waals surface area contributed by atoms with Gasteiger partial charge in [0.15, 0.2) is 0 Å². The highest BCUT2D eigenvalue weighted by atomic mass is 15.4. The van der Waals surface area contributed by atoms with Crippen LogP contribution in [0.5, 0.6) is 0 Å². The number of aryl methyl sites for hydroxylation is 1. The maximum Gasteiger partial charge on any atom is 0.146 e. The highest BCUT2D eigenvalue weighted by molar-refractivity contribution is 5.52. The summed E-state index contributed by atoms with van der Waals surface area (Å²) in [4.78, 5) is 6.76. The van der Waals surface area contributed by atoms with Gasteiger partial charge in [0.05, 0.1) is 6.54 Å². The smallest absolute Gasteiger partial charge is 0.146 e. The number of nitrogens with zero attached hydrogens (tertiary/aromatic N) is 4. The second kappa shape index (κ2) is 7.22. The van der Waals surface area contributed by atoms with Crippen molar-refractivity contribution < 1.29 is 0 Å². The van der Waals surface area contributed by atoms with Gasteiger partial charge in [0, 0.05) is 18.3 Å². The first-order chi connectivity index (χ1) is 10.1. The van der Waals surface area contributed by atoms with Crippen LogP contribution in [0.25, 0.3) is 0 Å². The summed E-state index contributed by atoms with van der Waals surface area (Å²) in [5, 5.41) is 4.32. The maximum absolute atomic E-state index is 5.68. The second-order valence-corrected chi connectivity index (χ2v) is 5.56. The molecule has 0 bridgehead atoms. The zero-order chi connectivity index (χ0) is 15.2. The van der Waals surface area contributed by atoms with Crippen LogP contribution in [0.15, 0.2) is 30.6 Å². The molecular formula is C16H25N5. The van der Waals surface area contributed by atoms with E-state index in [1.54, 1.807) is 6.33 Å². The SMILES string of the molecule is Cc1ccccc1N(CCCN)Cc1ncnn1C(C)C. The van der Waals surface area contributed by atoms with Gasteiger partial charge in [-0.05, 0) is 45.4 Å². The van der Waals surface area contributed by atoms with E-state index in [1.807, 2.05) is 4.68 Å². The Balaban J connectivity index is 2.24. The molecule has 1 aromatic heterocycles. The van der Waals surface area contributed by atoms with E-state index in [4.69, 9.17) is 5.73 Å². The van der Waals surface area contributed by atoms with E-state index in [1.165, 1.54) is 11.3 Å². The Morgan fingerprint density at radius 3 is 2.71 bits per heavy atom. The standard InChI is InChI=1S/C16H25N5/c1-13(2)21-16(18-12-19-21)11-20(10-6-9-17)15-8-5-4-7-14(15)3/h4-5,7-8,12-13H,6,9-11,17H2,1-3H3. The number of hydrogen-bond acceptors (Lipinski definition) is 4. The van der Waals surface area contributed by atoms with Gasteiger partial charge in [0.25, 0.3) is 0 Å². The third-order valence-corrected chi connectivity index (χ3v) is 3.56. The molecule has 0 aliphatic carbocycles. The van der Waals surface area contributed by atoms with Crippen molar-refractivity contribution in [2.45, 2.75) is 39.8 Å². The molecule has 21 heavy (non-hydrogen) atoms. The monoisotopic (exact) mass is 287 g/mol. The Morgan fingerprint density at radius 1 is 1.29 bits per heavy atom. The number of para-hydroxylation sites is 1. The van der Waals surface area contributed by atoms with Crippen LogP contribution in [0, 0.1) is 6.92 Å². The summed E-state index contributed by atoms with van der Waals surface area (Å²) >= 11 is 0. The fraction of sp³-hybridized carbons (Fsp3) is 0.500. The van der Waals surface area contributed by atoms with Gasteiger partial charge >= 0.3 is 0 Å². The molecule has 5 heteroatoms. The quantitative estimate of drug-likeness (QED) is 0.850. The maximum atomic E-state index is 5.68. The van der Waals surface area contributed by atoms with Crippen LogP contribution >= 0.6 is 0 Å². The van der Waals surface area contributed by atoms with Crippen LogP contribution in [0.1, 0.15) is 37.7 Å². The summed E-state index contributed by atoms with van der Waals surface area (Å²) in [5.41, 5.74) is 8.19. The van der Waals surface area contributed by atoms with Crippen molar-refractivity contribution in [1.82, 2.24) is 14.8 Å². The average Bonchev–Trinajstić information content (AvgIpc) is 2.92. The van der Waals surface area contributed by atoms with E-state index < -0.39 is 0 Å². The van der Waals surface area contributed by atoms with Crippen molar-refractivity contribution in [3.63, 3.8) is 0 Å². The van der Waals surface area contributed by atoms with Crippen LogP contribution in [0.2, 0.25) is 0 Å². The summed E-state index contributed by atoms with van der Waals surface area (Å²) in [6, 6.07) is 8.75. The molecule has 0 fully saturated rings. The molecule has 0 saturated heterocycles. The fourth-order valence-corrected chi connectivity index (χ4v) is 2.47. The molecule has 2 aromatic rings. The fourth-order valence-electron chi connectivity index (χ4n) is 2.47. The molecule has 1 heterocycles. The summed E-state index contributed by atoms with van der Waals surface area (Å²) < 4.78 is 1.98. The Labute approximate surface area is 126 Å². The zero-order valence-electron chi connectivity index (χ0n) is 13.2. The van der Waals surface area contributed by atoms with Crippen LogP contribution < -0.4 is 10.6 Å². The van der Waals surface area contributed by atoms with Crippen LogP contribution in [0.4, 0.5) is 5.69 Å². The highest BCUT2D eigenvalue weighted by Crippen LogP contribution is 2.22. The van der Waals surface area contributed by atoms with Crippen molar-refractivity contribution in [2.75, 3.05) is 18.0 Å². The molecule has 0 saturated carbocycles. The molecule has 2 N–H and O–H groups in total. The summed E-state index contributed by atoms with van der Waals surface area (Å²) in [7, 11) is 0. The minimum atomic E-state index is 0.315. The molecule has 0 spiro atoms. The lowest BCUT2D eigenvalue weighted by atomic mass is 10.1. The van der Waals surface area contributed by atoms with Crippen molar-refractivity contribution in [1.29, 1.82) is 0 Å². The molecule has 0 unspecified atom stereocenters. The number of rotatable bonds is 7. The van der Waals surface area contributed by atoms with Crippen molar-refractivity contribution in [3.8, 4) is 0 Å². The number of anilines is 1. The highest BCUT2D eigenvalue weighted by Gasteiger charge is 2.14. The molecule has 0 amide bonds. The normalized spacial score (nSPS) is 11.1. The van der Waals surface area contributed by atoms with E-state index in [0.29, 0.717) is 12.6 Å². The Kier molecular flexibility index (Phi) is 5.33. The Bertz CT molecular complexity index is 561. The van der Waals surface area contributed by atoms with Gasteiger partial charge in [-0.1, -0.05) is 18.2 Å². The summed E-state index contributed by atoms with van der Waals surface area (Å²) in [6.07, 6.45) is 2.60. The van der Waals surface area contributed by atoms with E-state index in [2.05, 4.69) is 60.0 Å². The van der Waals surface area contributed by atoms with Crippen LogP contribution in [-0.2, 0) is 6.54 Å². The van der Waals surface area contributed by atoms with Crippen LogP contribution in [0.3, 0.4) is 0 Å². The Hall–Kier alpha value is -1.88. The molecule has 0 aliphatic heterocycles. The molecule has 0 aliphatic rings. The molecule has 114 valence electrons. The minimum absolute atomic E-state index is 0.315. The van der Waals surface area contributed by atoms with Gasteiger partial charge in [-0.2, -0.15) is 5.10 Å². The minimum Gasteiger partial charge on any atom is -0.364 e. The second-order valence-electron chi connectivity index (χ2n) is 5.56. The first-order valence-corrected chi connectivity index (χ1v) is 7.52. The molecule has 2 rings (SSSR count). The van der Waals surface area contributed by atoms with Gasteiger partial charge < -0.3 is 10.6 Å². The number of hydrogen-bond donors (Lipinski definition) is 1. The zero-order valence-corrected chi connectivity index (χ0v) is 13.2. The first-order valence-electron chi connectivity index (χ1n) is 7.52. The van der Waals surface area contributed by atoms with Gasteiger partial charge in [0.1, 0.15) is 12.2 Å². The number of aromatic nitrogens is 3. The third-order valence-electron chi connectivity index (χ3n) is 3.56. The number of benzene rings is 1. The van der Waals surface area contributed by atoms with Crippen molar-refractivity contribution >= 4 is 5.69 Å². The van der Waals surface area contributed by atoms with Gasteiger partial charge in [-0.3, -0.25) is 0 Å². The van der Waals surface area contributed by atoms with E-state index in [-0.39, 0.29) is 0 Å². The number of nitrogens with two attached hydrogens (primary N) is 1. The summed E-state index contributed by atoms with van der Waals surface area (Å²) in [6.45, 7) is 8.75. The summed E-state index contributed by atoms with van der Waals surface area (Å²) in [5.74, 6) is 0.991. The molecule has 5 nitrogen and oxygen atoms in total. The van der Waals surface area contributed by atoms with Gasteiger partial charge in [-0.15, -0.1) is 0 Å². The lowest BCUT2D eigenvalue weighted by Gasteiger charge is -2.26. The van der Waals surface area contributed by atoms with Crippen molar-refractivity contribution in [3.05, 3.63) is 42.0 Å². The van der Waals surface area contributed by atoms with E-state index in [0.717, 1.165) is 25.3 Å². The van der Waals surface area contributed by atoms with Crippen molar-refractivity contribution in [2.24, 2.45) is 5.73 Å². The van der Waals surface area contributed by atoms with Gasteiger partial charge in [-0.25, -0.2) is 9.67 Å². The Morgan fingerprint density at radius 2 is 2.05 bits per heavy atom.